The van der Waals surface area contributed by atoms with Gasteiger partial charge in [-0.2, -0.15) is 5.10 Å². The maximum absolute atomic E-state index is 9.41. The fraction of sp³-hybridized carbons (Fsp3) is 0.467. The molecule has 9 nitrogen and oxygen atoms in total. The molecule has 0 spiro atoms. The van der Waals surface area contributed by atoms with Crippen LogP contribution in [0.5, 0.6) is 5.75 Å². The molecule has 39 heavy (non-hydrogen) atoms. The lowest BCUT2D eigenvalue weighted by Crippen LogP contribution is -2.49. The highest BCUT2D eigenvalue weighted by molar-refractivity contribution is 5.33. The minimum Gasteiger partial charge on any atom is -0.508 e. The first-order valence-electron chi connectivity index (χ1n) is 13.4. The van der Waals surface area contributed by atoms with Crippen LogP contribution >= 0.6 is 0 Å². The number of hydrazone groups is 1. The number of benzene rings is 2. The first-order chi connectivity index (χ1) is 18.9. The SMILES string of the molecule is C=CCN1CCNC(C)C1.C=NNCCCC.CN.NCCc1cccc(Cc2cccc(O)c2)c1.O=CO. The molecule has 0 bridgehead atoms. The van der Waals surface area contributed by atoms with E-state index in [9.17, 15) is 5.11 Å². The highest BCUT2D eigenvalue weighted by atomic mass is 16.3. The van der Waals surface area contributed by atoms with Gasteiger partial charge in [-0.1, -0.05) is 55.8 Å². The molecule has 0 aromatic heterocycles. The largest absolute Gasteiger partial charge is 0.508 e. The van der Waals surface area contributed by atoms with Crippen LogP contribution in [-0.2, 0) is 17.6 Å². The smallest absolute Gasteiger partial charge is 0.290 e. The highest BCUT2D eigenvalue weighted by Gasteiger charge is 2.12. The van der Waals surface area contributed by atoms with Gasteiger partial charge in [0, 0.05) is 45.5 Å². The van der Waals surface area contributed by atoms with E-state index in [1.807, 2.05) is 18.2 Å². The molecule has 1 aliphatic heterocycles. The van der Waals surface area contributed by atoms with Crippen molar-refractivity contribution < 1.29 is 15.0 Å². The number of nitrogens with one attached hydrogen (secondary N) is 2. The molecule has 0 aliphatic carbocycles. The fourth-order valence-corrected chi connectivity index (χ4v) is 3.66. The van der Waals surface area contributed by atoms with Gasteiger partial charge in [-0.05, 0) is 68.6 Å². The van der Waals surface area contributed by atoms with Crippen LogP contribution in [0.4, 0.5) is 0 Å². The molecule has 8 N–H and O–H groups in total. The maximum Gasteiger partial charge on any atom is 0.290 e. The molecule has 3 rings (SSSR count). The topological polar surface area (TPSA) is 149 Å². The van der Waals surface area contributed by atoms with Crippen LogP contribution in [0.25, 0.3) is 0 Å². The summed E-state index contributed by atoms with van der Waals surface area (Å²) >= 11 is 0. The van der Waals surface area contributed by atoms with Gasteiger partial charge in [-0.25, -0.2) is 0 Å². The van der Waals surface area contributed by atoms with E-state index < -0.39 is 0 Å². The normalized spacial score (nSPS) is 13.7. The van der Waals surface area contributed by atoms with Crippen molar-refractivity contribution in [3.63, 3.8) is 0 Å². The number of nitrogens with zero attached hydrogens (tertiary/aromatic N) is 2. The minimum absolute atomic E-state index is 0.250. The summed E-state index contributed by atoms with van der Waals surface area (Å²) in [6.45, 7) is 17.2. The molecule has 1 aliphatic rings. The first-order valence-corrected chi connectivity index (χ1v) is 13.4. The second-order valence-electron chi connectivity index (χ2n) is 8.63. The van der Waals surface area contributed by atoms with Gasteiger partial charge in [0.2, 0.25) is 0 Å². The average molecular weight is 545 g/mol. The van der Waals surface area contributed by atoms with Crippen LogP contribution in [0.1, 0.15) is 43.4 Å². The van der Waals surface area contributed by atoms with Gasteiger partial charge in [0.25, 0.3) is 6.47 Å². The predicted molar refractivity (Wildman–Crippen MR) is 165 cm³/mol. The third-order valence-corrected chi connectivity index (χ3v) is 5.34. The van der Waals surface area contributed by atoms with Crippen molar-refractivity contribution in [3.8, 4) is 5.75 Å². The Hall–Kier alpha value is -3.24. The van der Waals surface area contributed by atoms with Gasteiger partial charge in [0.15, 0.2) is 0 Å². The molecular weight excluding hydrogens is 492 g/mol. The number of unbranched alkanes of at least 4 members (excludes halogenated alkanes) is 1. The van der Waals surface area contributed by atoms with Gasteiger partial charge >= 0.3 is 0 Å². The molecule has 0 amide bonds. The molecule has 0 saturated carbocycles. The number of nitrogens with two attached hydrogens (primary N) is 2. The summed E-state index contributed by atoms with van der Waals surface area (Å²) in [5.41, 5.74) is 16.5. The molecule has 2 aromatic rings. The van der Waals surface area contributed by atoms with Crippen LogP contribution in [0.2, 0.25) is 0 Å². The van der Waals surface area contributed by atoms with Gasteiger partial charge < -0.3 is 32.4 Å². The van der Waals surface area contributed by atoms with E-state index in [1.165, 1.54) is 31.0 Å². The Balaban J connectivity index is 0. The molecule has 1 atom stereocenters. The molecule has 1 fully saturated rings. The quantitative estimate of drug-likeness (QED) is 0.0878. The van der Waals surface area contributed by atoms with Crippen molar-refractivity contribution in [2.24, 2.45) is 16.6 Å². The zero-order valence-corrected chi connectivity index (χ0v) is 24.2. The Morgan fingerprint density at radius 3 is 2.33 bits per heavy atom. The van der Waals surface area contributed by atoms with E-state index in [1.54, 1.807) is 12.1 Å². The Bertz CT molecular complexity index is 866. The summed E-state index contributed by atoms with van der Waals surface area (Å²) in [6.07, 6.45) is 6.11. The fourth-order valence-electron chi connectivity index (χ4n) is 3.66. The molecule has 9 heteroatoms. The number of hydrogen-bond acceptors (Lipinski definition) is 8. The minimum atomic E-state index is -0.250. The number of aromatic hydroxyl groups is 1. The second kappa shape index (κ2) is 27.8. The maximum atomic E-state index is 9.41. The third-order valence-electron chi connectivity index (χ3n) is 5.34. The van der Waals surface area contributed by atoms with E-state index in [4.69, 9.17) is 15.6 Å². The van der Waals surface area contributed by atoms with Gasteiger partial charge in [-0.15, -0.1) is 6.58 Å². The summed E-state index contributed by atoms with van der Waals surface area (Å²) in [4.78, 5) is 10.8. The number of hydrogen-bond donors (Lipinski definition) is 6. The van der Waals surface area contributed by atoms with Gasteiger partial charge in [-0.3, -0.25) is 9.69 Å². The molecular formula is C30H52N6O3. The lowest BCUT2D eigenvalue weighted by atomic mass is 10.0. The second-order valence-corrected chi connectivity index (χ2v) is 8.63. The summed E-state index contributed by atoms with van der Waals surface area (Å²) in [5.74, 6) is 0.320. The monoisotopic (exact) mass is 544 g/mol. The number of phenolic OH excluding ortho intramolecular Hbond substituents is 1. The van der Waals surface area contributed by atoms with Crippen LogP contribution in [0.15, 0.2) is 66.3 Å². The van der Waals surface area contributed by atoms with E-state index in [0.717, 1.165) is 51.1 Å². The zero-order chi connectivity index (χ0) is 29.7. The standard InChI is InChI=1S/C15H17NO.C8H16N2.C5H12N2.CH5N.CH2O2/c16-8-7-12-3-1-4-13(9-12)10-14-5-2-6-15(17)11-14;1-3-5-10-6-4-9-8(2)7-10;1-3-4-5-7-6-2;1-2;2-1-3/h1-6,9,11,17H,7-8,10,16H2;3,8-9H,1,4-7H2,2H3;7H,2-5H2,1H3;2H2,1H3;1H,(H,2,3). The predicted octanol–water partition coefficient (Wildman–Crippen LogP) is 3.22. The van der Waals surface area contributed by atoms with Gasteiger partial charge in [0.1, 0.15) is 5.75 Å². The van der Waals surface area contributed by atoms with Crippen molar-refractivity contribution in [2.75, 3.05) is 46.3 Å². The molecule has 1 heterocycles. The number of carbonyl (C=O) groups is 1. The Labute approximate surface area is 236 Å². The number of carboxylic acid groups (broad SMARTS) is 1. The van der Waals surface area contributed by atoms with Crippen molar-refractivity contribution in [3.05, 3.63) is 77.9 Å². The molecule has 1 saturated heterocycles. The number of rotatable bonds is 10. The van der Waals surface area contributed by atoms with Crippen molar-refractivity contribution >= 4 is 13.2 Å². The zero-order valence-electron chi connectivity index (χ0n) is 24.2. The first kappa shape index (κ1) is 37.9. The van der Waals surface area contributed by atoms with Crippen molar-refractivity contribution in [2.45, 2.75) is 45.6 Å². The number of phenols is 1. The van der Waals surface area contributed by atoms with Crippen LogP contribution in [0.3, 0.4) is 0 Å². The molecule has 0 radical (unpaired) electrons. The summed E-state index contributed by atoms with van der Waals surface area (Å²) < 4.78 is 0. The summed E-state index contributed by atoms with van der Waals surface area (Å²) in [5, 5.41) is 23.2. The molecule has 220 valence electrons. The molecule has 2 aromatic carbocycles. The van der Waals surface area contributed by atoms with Crippen molar-refractivity contribution in [1.82, 2.24) is 15.6 Å². The Morgan fingerprint density at radius 1 is 1.18 bits per heavy atom. The third kappa shape index (κ3) is 22.5. The van der Waals surface area contributed by atoms with Crippen LogP contribution < -0.4 is 22.2 Å². The van der Waals surface area contributed by atoms with E-state index >= 15 is 0 Å². The van der Waals surface area contributed by atoms with Gasteiger partial charge in [0.05, 0.1) is 0 Å². The van der Waals surface area contributed by atoms with Crippen LogP contribution in [-0.4, -0.2) is 80.7 Å². The lowest BCUT2D eigenvalue weighted by Gasteiger charge is -2.30. The average Bonchev–Trinajstić information content (AvgIpc) is 2.92. The Morgan fingerprint density at radius 2 is 1.79 bits per heavy atom. The number of piperazine rings is 1. The van der Waals surface area contributed by atoms with E-state index in [-0.39, 0.29) is 6.47 Å². The van der Waals surface area contributed by atoms with Crippen LogP contribution in [0, 0.1) is 0 Å². The molecule has 1 unspecified atom stereocenters. The van der Waals surface area contributed by atoms with E-state index in [2.05, 4.69) is 77.9 Å². The lowest BCUT2D eigenvalue weighted by molar-refractivity contribution is -0.122. The Kier molecular flexibility index (Phi) is 27.0. The summed E-state index contributed by atoms with van der Waals surface area (Å²) in [6, 6.07) is 16.5. The highest BCUT2D eigenvalue weighted by Crippen LogP contribution is 2.16. The van der Waals surface area contributed by atoms with Crippen molar-refractivity contribution in [1.29, 1.82) is 0 Å². The summed E-state index contributed by atoms with van der Waals surface area (Å²) in [7, 11) is 1.50. The van der Waals surface area contributed by atoms with E-state index in [0.29, 0.717) is 18.3 Å².